The summed E-state index contributed by atoms with van der Waals surface area (Å²) in [5.41, 5.74) is 3.77. The first kappa shape index (κ1) is 25.2. The molecule has 5 aromatic rings. The summed E-state index contributed by atoms with van der Waals surface area (Å²) in [6.07, 6.45) is 0. The van der Waals surface area contributed by atoms with E-state index in [0.29, 0.717) is 11.3 Å². The van der Waals surface area contributed by atoms with E-state index in [1.807, 2.05) is 132 Å². The third-order valence-corrected chi connectivity index (χ3v) is 8.34. The number of nitrogens with zero attached hydrogens (tertiary/aromatic N) is 3. The number of hydrazone groups is 1. The molecule has 0 saturated carbocycles. The van der Waals surface area contributed by atoms with Crippen LogP contribution < -0.4 is 9.91 Å². The van der Waals surface area contributed by atoms with Crippen molar-refractivity contribution in [2.75, 3.05) is 9.91 Å². The van der Waals surface area contributed by atoms with Crippen LogP contribution in [-0.4, -0.2) is 17.5 Å². The first-order valence-electron chi connectivity index (χ1n) is 13.4. The molecule has 0 unspecified atom stereocenters. The van der Waals surface area contributed by atoms with Gasteiger partial charge in [0, 0.05) is 15.6 Å². The molecule has 0 N–H and O–H groups in total. The number of benzene rings is 5. The fraction of sp³-hybridized carbons (Fsp3) is 0.0571. The van der Waals surface area contributed by atoms with Crippen molar-refractivity contribution in [3.63, 3.8) is 0 Å². The molecule has 2 amide bonds. The lowest BCUT2D eigenvalue weighted by atomic mass is 9.72. The Morgan fingerprint density at radius 1 is 0.707 bits per heavy atom. The van der Waals surface area contributed by atoms with Gasteiger partial charge in [-0.1, -0.05) is 113 Å². The molecule has 2 aliphatic heterocycles. The number of anilines is 2. The largest absolute Gasteiger partial charge is 0.271 e. The smallest absolute Gasteiger partial charge is 0.267 e. The molecule has 7 rings (SSSR count). The van der Waals surface area contributed by atoms with Crippen molar-refractivity contribution in [3.05, 3.63) is 166 Å². The fourth-order valence-electron chi connectivity index (χ4n) is 6.07. The first-order valence-corrected chi connectivity index (χ1v) is 14.2. The Kier molecular flexibility index (Phi) is 6.13. The van der Waals surface area contributed by atoms with Crippen molar-refractivity contribution in [3.8, 4) is 0 Å². The molecule has 2 atom stereocenters. The highest BCUT2D eigenvalue weighted by Crippen LogP contribution is 2.57. The van der Waals surface area contributed by atoms with Crippen molar-refractivity contribution in [1.82, 2.24) is 0 Å². The summed E-state index contributed by atoms with van der Waals surface area (Å²) < 4.78 is 0.917. The normalized spacial score (nSPS) is 19.4. The molecule has 5 nitrogen and oxygen atoms in total. The summed E-state index contributed by atoms with van der Waals surface area (Å²) in [4.78, 5) is 30.6. The number of carbonyl (C=O) groups is 2. The molecular weight excluding hydrogens is 574 g/mol. The van der Waals surface area contributed by atoms with E-state index in [9.17, 15) is 4.79 Å². The minimum Gasteiger partial charge on any atom is -0.271 e. The standard InChI is InChI=1S/C35H24BrN3O2/c36-27-20-22-28(23-21-27)39-35(31(24-12-4-1-5-13-24)32(37-39)25-14-6-2-7-15-25)29-18-10-11-19-30(29)38(34(35)41)33(40)26-16-8-3-9-17-26/h1-23,31H/t31-,35-/m1/s1. The molecule has 0 radical (unpaired) electrons. The lowest BCUT2D eigenvalue weighted by Crippen LogP contribution is -2.54. The number of fused-ring (bicyclic) bond motifs is 2. The number of carbonyl (C=O) groups excluding carboxylic acids is 2. The molecule has 0 aliphatic carbocycles. The predicted octanol–water partition coefficient (Wildman–Crippen LogP) is 7.54. The number of rotatable bonds is 4. The van der Waals surface area contributed by atoms with Crippen LogP contribution in [0.1, 0.15) is 33.0 Å². The SMILES string of the molecule is O=C(c1ccccc1)N1C(=O)[C@@]2(c3ccccc31)[C@H](c1ccccc1)C(c1ccccc1)=NN2c1ccc(Br)cc1. The van der Waals surface area contributed by atoms with E-state index in [-0.39, 0.29) is 11.8 Å². The first-order chi connectivity index (χ1) is 20.1. The Balaban J connectivity index is 1.54. The fourth-order valence-corrected chi connectivity index (χ4v) is 6.33. The second-order valence-corrected chi connectivity index (χ2v) is 11.0. The maximum absolute atomic E-state index is 15.2. The lowest BCUT2D eigenvalue weighted by Gasteiger charge is -2.38. The highest BCUT2D eigenvalue weighted by molar-refractivity contribution is 9.10. The van der Waals surface area contributed by atoms with Gasteiger partial charge in [0.05, 0.1) is 23.0 Å². The summed E-state index contributed by atoms with van der Waals surface area (Å²) in [6, 6.07) is 44.3. The van der Waals surface area contributed by atoms with Gasteiger partial charge in [-0.3, -0.25) is 9.59 Å². The van der Waals surface area contributed by atoms with Gasteiger partial charge in [-0.15, -0.1) is 0 Å². The average Bonchev–Trinajstić information content (AvgIpc) is 3.52. The molecule has 2 aliphatic rings. The van der Waals surface area contributed by atoms with E-state index in [4.69, 9.17) is 5.10 Å². The van der Waals surface area contributed by atoms with Crippen LogP contribution in [0.15, 0.2) is 149 Å². The van der Waals surface area contributed by atoms with E-state index in [1.54, 1.807) is 12.1 Å². The van der Waals surface area contributed by atoms with Gasteiger partial charge < -0.3 is 0 Å². The van der Waals surface area contributed by atoms with Gasteiger partial charge in [0.1, 0.15) is 0 Å². The van der Waals surface area contributed by atoms with Crippen LogP contribution in [0.5, 0.6) is 0 Å². The third-order valence-electron chi connectivity index (χ3n) is 7.82. The molecule has 0 fully saturated rings. The number of halogens is 1. The van der Waals surface area contributed by atoms with E-state index in [1.165, 1.54) is 4.90 Å². The highest BCUT2D eigenvalue weighted by Gasteiger charge is 2.65. The number of amides is 2. The molecule has 41 heavy (non-hydrogen) atoms. The minimum absolute atomic E-state index is 0.334. The lowest BCUT2D eigenvalue weighted by molar-refractivity contribution is -0.122. The number of imide groups is 1. The number of hydrogen-bond acceptors (Lipinski definition) is 4. The summed E-state index contributed by atoms with van der Waals surface area (Å²) in [5.74, 6) is -1.20. The molecule has 198 valence electrons. The van der Waals surface area contributed by atoms with E-state index >= 15 is 4.79 Å². The topological polar surface area (TPSA) is 53.0 Å². The quantitative estimate of drug-likeness (QED) is 0.201. The van der Waals surface area contributed by atoms with Crippen molar-refractivity contribution in [1.29, 1.82) is 0 Å². The molecule has 0 bridgehead atoms. The van der Waals surface area contributed by atoms with Crippen LogP contribution in [-0.2, 0) is 10.3 Å². The zero-order chi connectivity index (χ0) is 28.0. The number of para-hydroxylation sites is 1. The van der Waals surface area contributed by atoms with Gasteiger partial charge in [-0.2, -0.15) is 5.10 Å². The molecular formula is C35H24BrN3O2. The molecule has 0 saturated heterocycles. The average molecular weight is 599 g/mol. The Hall–Kier alpha value is -4.81. The third kappa shape index (κ3) is 3.86. The van der Waals surface area contributed by atoms with Crippen molar-refractivity contribution in [2.45, 2.75) is 11.5 Å². The van der Waals surface area contributed by atoms with Crippen LogP contribution in [0.2, 0.25) is 0 Å². The maximum atomic E-state index is 15.2. The van der Waals surface area contributed by atoms with Gasteiger partial charge in [0.25, 0.3) is 11.8 Å². The van der Waals surface area contributed by atoms with Crippen LogP contribution in [0.4, 0.5) is 11.4 Å². The minimum atomic E-state index is -1.35. The van der Waals surface area contributed by atoms with Crippen molar-refractivity contribution >= 4 is 44.8 Å². The summed E-state index contributed by atoms with van der Waals surface area (Å²) in [5, 5.41) is 7.08. The second-order valence-electron chi connectivity index (χ2n) is 10.1. The Morgan fingerprint density at radius 3 is 1.98 bits per heavy atom. The Morgan fingerprint density at radius 2 is 1.29 bits per heavy atom. The van der Waals surface area contributed by atoms with E-state index < -0.39 is 11.5 Å². The second kappa shape index (κ2) is 9.98. The summed E-state index contributed by atoms with van der Waals surface area (Å²) in [7, 11) is 0. The zero-order valence-electron chi connectivity index (χ0n) is 21.9. The molecule has 0 aromatic heterocycles. The van der Waals surface area contributed by atoms with Crippen molar-refractivity contribution in [2.24, 2.45) is 5.10 Å². The zero-order valence-corrected chi connectivity index (χ0v) is 23.5. The van der Waals surface area contributed by atoms with Crippen molar-refractivity contribution < 1.29 is 9.59 Å². The van der Waals surface area contributed by atoms with Crippen LogP contribution in [0.25, 0.3) is 0 Å². The Bertz CT molecular complexity index is 1790. The molecule has 1 spiro atoms. The Labute approximate surface area is 246 Å². The van der Waals surface area contributed by atoms with E-state index in [2.05, 4.69) is 15.9 Å². The maximum Gasteiger partial charge on any atom is 0.267 e. The van der Waals surface area contributed by atoms with E-state index in [0.717, 1.165) is 32.6 Å². The summed E-state index contributed by atoms with van der Waals surface area (Å²) in [6.45, 7) is 0. The van der Waals surface area contributed by atoms with Gasteiger partial charge in [0.2, 0.25) is 0 Å². The molecule has 5 aromatic carbocycles. The molecule has 6 heteroatoms. The van der Waals surface area contributed by atoms with Crippen LogP contribution in [0.3, 0.4) is 0 Å². The predicted molar refractivity (Wildman–Crippen MR) is 165 cm³/mol. The van der Waals surface area contributed by atoms with Gasteiger partial charge in [-0.25, -0.2) is 9.91 Å². The number of hydrogen-bond donors (Lipinski definition) is 0. The van der Waals surface area contributed by atoms with Gasteiger partial charge in [-0.05, 0) is 53.6 Å². The van der Waals surface area contributed by atoms with Crippen LogP contribution in [0, 0.1) is 0 Å². The van der Waals surface area contributed by atoms with Gasteiger partial charge in [0.15, 0.2) is 5.54 Å². The highest BCUT2D eigenvalue weighted by atomic mass is 79.9. The molecule has 2 heterocycles. The van der Waals surface area contributed by atoms with Gasteiger partial charge >= 0.3 is 0 Å². The summed E-state index contributed by atoms with van der Waals surface area (Å²) >= 11 is 3.54. The van der Waals surface area contributed by atoms with Crippen LogP contribution >= 0.6 is 15.9 Å². The monoisotopic (exact) mass is 597 g/mol.